The summed E-state index contributed by atoms with van der Waals surface area (Å²) in [6.07, 6.45) is 1.53. The number of aromatic nitrogens is 2. The molecule has 0 aliphatic heterocycles. The molecule has 0 radical (unpaired) electrons. The molecule has 12 heteroatoms. The number of halogens is 3. The number of fused-ring (bicyclic) bond motifs is 1. The Kier molecular flexibility index (Phi) is 6.86. The van der Waals surface area contributed by atoms with Gasteiger partial charge in [-0.15, -0.1) is 0 Å². The van der Waals surface area contributed by atoms with Crippen LogP contribution in [-0.2, 0) is 10.0 Å². The average molecular weight is 558 g/mol. The fraction of sp³-hybridized carbons (Fsp3) is 0.259. The van der Waals surface area contributed by atoms with Crippen LogP contribution in [0.1, 0.15) is 31.2 Å². The number of hydrogen-bond acceptors (Lipinski definition) is 6. The third-order valence-electron chi connectivity index (χ3n) is 6.41. The Hall–Kier alpha value is -4.24. The molecule has 2 aromatic carbocycles. The van der Waals surface area contributed by atoms with Crippen molar-refractivity contribution < 1.29 is 30.8 Å². The van der Waals surface area contributed by atoms with E-state index in [0.717, 1.165) is 6.07 Å². The molecule has 1 unspecified atom stereocenters. The molecule has 202 valence electrons. The maximum absolute atomic E-state index is 15.2. The summed E-state index contributed by atoms with van der Waals surface area (Å²) >= 11 is 0. The molecule has 4 aromatic rings. The summed E-state index contributed by atoms with van der Waals surface area (Å²) in [4.78, 5) is 12.8. The van der Waals surface area contributed by atoms with E-state index in [0.29, 0.717) is 23.7 Å². The molecular formula is C27H22F3N3O5S. The van der Waals surface area contributed by atoms with Crippen LogP contribution in [0.2, 0.25) is 0 Å². The molecular weight excluding hydrogens is 535 g/mol. The molecule has 1 fully saturated rings. The first-order valence-corrected chi connectivity index (χ1v) is 13.4. The van der Waals surface area contributed by atoms with Gasteiger partial charge in [0.05, 0.1) is 28.8 Å². The first-order valence-electron chi connectivity index (χ1n) is 11.9. The smallest absolute Gasteiger partial charge is 0.263 e. The standard InChI is InChI=1S/C27H22F3N3O5S/c1-37-24-14-18(5-4-17-3-2-11-27(29,30)16-17)21(28)15-23(24)33-22-8-7-20(13-19(22)6-9-26(33)34)39(35,36)32-25-10-12-38-31-25/h6-10,12-15,17H,2-3,11,16H2,1H3,(H,31,32). The van der Waals surface area contributed by atoms with E-state index in [1.807, 2.05) is 0 Å². The average Bonchev–Trinajstić information content (AvgIpc) is 3.39. The third-order valence-corrected chi connectivity index (χ3v) is 7.77. The number of anilines is 1. The number of rotatable bonds is 5. The van der Waals surface area contributed by atoms with Crippen LogP contribution in [0.4, 0.5) is 19.0 Å². The molecule has 0 saturated heterocycles. The molecule has 1 atom stereocenters. The number of methoxy groups -OCH3 is 1. The van der Waals surface area contributed by atoms with Gasteiger partial charge in [-0.05, 0) is 37.1 Å². The topological polar surface area (TPSA) is 103 Å². The molecule has 0 amide bonds. The zero-order chi connectivity index (χ0) is 27.8. The summed E-state index contributed by atoms with van der Waals surface area (Å²) in [7, 11) is -2.68. The van der Waals surface area contributed by atoms with Crippen LogP contribution in [0, 0.1) is 23.6 Å². The van der Waals surface area contributed by atoms with E-state index < -0.39 is 33.2 Å². The fourth-order valence-electron chi connectivity index (χ4n) is 4.55. The number of sulfonamides is 1. The van der Waals surface area contributed by atoms with Crippen molar-refractivity contribution in [1.82, 2.24) is 9.72 Å². The summed E-state index contributed by atoms with van der Waals surface area (Å²) in [6.45, 7) is 0. The Labute approximate surface area is 221 Å². The van der Waals surface area contributed by atoms with Gasteiger partial charge in [-0.1, -0.05) is 17.0 Å². The van der Waals surface area contributed by atoms with Gasteiger partial charge in [-0.25, -0.2) is 21.6 Å². The second-order valence-corrected chi connectivity index (χ2v) is 10.8. The second kappa shape index (κ2) is 10.1. The third kappa shape index (κ3) is 5.49. The number of nitrogens with one attached hydrogen (secondary N) is 1. The summed E-state index contributed by atoms with van der Waals surface area (Å²) in [5.74, 6) is 1.44. The van der Waals surface area contributed by atoms with E-state index in [2.05, 4.69) is 26.2 Å². The Morgan fingerprint density at radius 2 is 2.00 bits per heavy atom. The number of pyridine rings is 1. The molecule has 8 nitrogen and oxygen atoms in total. The lowest BCUT2D eigenvalue weighted by atomic mass is 9.87. The van der Waals surface area contributed by atoms with Gasteiger partial charge >= 0.3 is 0 Å². The van der Waals surface area contributed by atoms with Gasteiger partial charge in [-0.2, -0.15) is 0 Å². The number of nitrogens with zero attached hydrogens (tertiary/aromatic N) is 2. The van der Waals surface area contributed by atoms with Gasteiger partial charge in [0.1, 0.15) is 17.8 Å². The van der Waals surface area contributed by atoms with Gasteiger partial charge in [0.2, 0.25) is 5.92 Å². The number of hydrogen-bond donors (Lipinski definition) is 1. The van der Waals surface area contributed by atoms with E-state index in [1.165, 1.54) is 60.4 Å². The summed E-state index contributed by atoms with van der Waals surface area (Å²) in [5, 5.41) is 3.91. The Balaban J connectivity index is 1.54. The zero-order valence-corrected chi connectivity index (χ0v) is 21.4. The predicted molar refractivity (Wildman–Crippen MR) is 137 cm³/mol. The van der Waals surface area contributed by atoms with Gasteiger partial charge < -0.3 is 9.26 Å². The fourth-order valence-corrected chi connectivity index (χ4v) is 5.58. The first kappa shape index (κ1) is 26.4. The minimum atomic E-state index is -4.02. The number of benzene rings is 2. The molecule has 39 heavy (non-hydrogen) atoms. The summed E-state index contributed by atoms with van der Waals surface area (Å²) in [5.41, 5.74) is -0.203. The van der Waals surface area contributed by atoms with E-state index in [-0.39, 0.29) is 40.6 Å². The van der Waals surface area contributed by atoms with Crippen LogP contribution in [0.25, 0.3) is 16.6 Å². The van der Waals surface area contributed by atoms with Crippen molar-refractivity contribution in [3.05, 3.63) is 76.5 Å². The van der Waals surface area contributed by atoms with Gasteiger partial charge in [0.15, 0.2) is 5.82 Å². The van der Waals surface area contributed by atoms with Crippen molar-refractivity contribution in [3.63, 3.8) is 0 Å². The molecule has 0 spiro atoms. The normalized spacial score (nSPS) is 16.9. The first-order chi connectivity index (χ1) is 18.6. The van der Waals surface area contributed by atoms with Crippen molar-refractivity contribution in [2.45, 2.75) is 36.5 Å². The monoisotopic (exact) mass is 557 g/mol. The second-order valence-electron chi connectivity index (χ2n) is 9.14. The Bertz CT molecular complexity index is 1770. The van der Waals surface area contributed by atoms with Gasteiger partial charge in [0.25, 0.3) is 15.6 Å². The number of ether oxygens (including phenoxy) is 1. The van der Waals surface area contributed by atoms with Crippen LogP contribution in [0.3, 0.4) is 0 Å². The Morgan fingerprint density at radius 1 is 1.18 bits per heavy atom. The molecule has 1 aliphatic rings. The molecule has 5 rings (SSSR count). The van der Waals surface area contributed by atoms with Crippen molar-refractivity contribution in [2.75, 3.05) is 11.8 Å². The largest absolute Gasteiger partial charge is 0.495 e. The summed E-state index contributed by atoms with van der Waals surface area (Å²) < 4.78 is 81.7. The van der Waals surface area contributed by atoms with Crippen LogP contribution in [-0.4, -0.2) is 31.2 Å². The van der Waals surface area contributed by atoms with Crippen molar-refractivity contribution >= 4 is 26.7 Å². The van der Waals surface area contributed by atoms with E-state index in [9.17, 15) is 22.0 Å². The van der Waals surface area contributed by atoms with Gasteiger partial charge in [0, 0.05) is 48.4 Å². The molecule has 1 aliphatic carbocycles. The SMILES string of the molecule is COc1cc(C#CC2CCCC(F)(F)C2)c(F)cc1-n1c(=O)ccc2cc(S(=O)(=O)Nc3ccon3)ccc21. The maximum atomic E-state index is 15.2. The minimum Gasteiger partial charge on any atom is -0.495 e. The van der Waals surface area contributed by atoms with Crippen molar-refractivity contribution in [2.24, 2.45) is 5.92 Å². The zero-order valence-electron chi connectivity index (χ0n) is 20.6. The van der Waals surface area contributed by atoms with E-state index in [1.54, 1.807) is 0 Å². The van der Waals surface area contributed by atoms with Crippen molar-refractivity contribution in [1.29, 1.82) is 0 Å². The van der Waals surface area contributed by atoms with E-state index >= 15 is 4.39 Å². The predicted octanol–water partition coefficient (Wildman–Crippen LogP) is 5.10. The highest BCUT2D eigenvalue weighted by Gasteiger charge is 2.35. The maximum Gasteiger partial charge on any atom is 0.263 e. The quantitative estimate of drug-likeness (QED) is 0.343. The highest BCUT2D eigenvalue weighted by molar-refractivity contribution is 7.92. The highest BCUT2D eigenvalue weighted by Crippen LogP contribution is 2.36. The minimum absolute atomic E-state index is 0.000617. The van der Waals surface area contributed by atoms with Crippen LogP contribution in [0.15, 0.2) is 69.0 Å². The van der Waals surface area contributed by atoms with Gasteiger partial charge in [-0.3, -0.25) is 14.1 Å². The Morgan fingerprint density at radius 3 is 2.72 bits per heavy atom. The van der Waals surface area contributed by atoms with E-state index in [4.69, 9.17) is 4.74 Å². The lowest BCUT2D eigenvalue weighted by Crippen LogP contribution is -2.25. The molecule has 2 heterocycles. The van der Waals surface area contributed by atoms with Crippen LogP contribution < -0.4 is 15.0 Å². The molecule has 0 bridgehead atoms. The van der Waals surface area contributed by atoms with Crippen LogP contribution in [0.5, 0.6) is 5.75 Å². The lowest BCUT2D eigenvalue weighted by molar-refractivity contribution is -0.0440. The molecule has 1 N–H and O–H groups in total. The molecule has 1 saturated carbocycles. The van der Waals surface area contributed by atoms with Crippen molar-refractivity contribution in [3.8, 4) is 23.3 Å². The lowest BCUT2D eigenvalue weighted by Gasteiger charge is -2.25. The molecule has 2 aromatic heterocycles. The number of alkyl halides is 2. The van der Waals surface area contributed by atoms with Crippen LogP contribution >= 0.6 is 0 Å². The highest BCUT2D eigenvalue weighted by atomic mass is 32.2. The summed E-state index contributed by atoms with van der Waals surface area (Å²) in [6, 6.07) is 10.5.